The minimum Gasteiger partial charge on any atom is -0.399 e. The number of hydrogen-bond acceptors (Lipinski definition) is 3. The second-order valence-corrected chi connectivity index (χ2v) is 5.21. The van der Waals surface area contributed by atoms with Crippen LogP contribution in [0, 0.1) is 0 Å². The lowest BCUT2D eigenvalue weighted by Crippen LogP contribution is -2.19. The van der Waals surface area contributed by atoms with Gasteiger partial charge >= 0.3 is 0 Å². The number of amidine groups is 1. The van der Waals surface area contributed by atoms with E-state index in [9.17, 15) is 0 Å². The Morgan fingerprint density at radius 1 is 1.05 bits per heavy atom. The van der Waals surface area contributed by atoms with E-state index < -0.39 is 0 Å². The quantitative estimate of drug-likeness (QED) is 0.707. The van der Waals surface area contributed by atoms with Gasteiger partial charge in [-0.2, -0.15) is 0 Å². The number of nitrogens with two attached hydrogens (primary N) is 1. The van der Waals surface area contributed by atoms with E-state index >= 15 is 0 Å². The molecule has 4 heteroatoms. The molecule has 1 aliphatic heterocycles. The topological polar surface area (TPSA) is 55.3 Å². The van der Waals surface area contributed by atoms with E-state index in [0.29, 0.717) is 0 Å². The first-order valence-corrected chi connectivity index (χ1v) is 7.07. The Morgan fingerprint density at radius 3 is 2.67 bits per heavy atom. The van der Waals surface area contributed by atoms with Crippen molar-refractivity contribution in [1.29, 1.82) is 0 Å². The summed E-state index contributed by atoms with van der Waals surface area (Å²) < 4.78 is 2.17. The standard InChI is InChI=1S/C17H16N4/c18-14-3-5-15(6-4-14)21-10-7-12-1-2-13(11-16(12)21)17-19-8-9-20-17/h1-7,10-11H,8-9,18H2,(H,19,20). The van der Waals surface area contributed by atoms with Gasteiger partial charge in [-0.1, -0.05) is 12.1 Å². The molecule has 2 heterocycles. The number of nitrogen functional groups attached to an aromatic ring is 1. The van der Waals surface area contributed by atoms with Crippen molar-refractivity contribution in [2.75, 3.05) is 18.8 Å². The summed E-state index contributed by atoms with van der Waals surface area (Å²) in [5.74, 6) is 0.988. The highest BCUT2D eigenvalue weighted by Crippen LogP contribution is 2.23. The smallest absolute Gasteiger partial charge is 0.128 e. The number of anilines is 1. The molecule has 0 saturated heterocycles. The number of hydrogen-bond donors (Lipinski definition) is 2. The minimum absolute atomic E-state index is 0.778. The zero-order chi connectivity index (χ0) is 14.2. The summed E-state index contributed by atoms with van der Waals surface area (Å²) in [4.78, 5) is 4.49. The highest BCUT2D eigenvalue weighted by atomic mass is 15.1. The normalized spacial score (nSPS) is 14.2. The van der Waals surface area contributed by atoms with Crippen LogP contribution in [-0.4, -0.2) is 23.5 Å². The van der Waals surface area contributed by atoms with E-state index in [1.807, 2.05) is 24.3 Å². The maximum absolute atomic E-state index is 5.77. The van der Waals surface area contributed by atoms with Crippen LogP contribution in [0.15, 0.2) is 59.7 Å². The summed E-state index contributed by atoms with van der Waals surface area (Å²) >= 11 is 0. The van der Waals surface area contributed by atoms with Crippen LogP contribution in [0.3, 0.4) is 0 Å². The molecule has 2 aromatic carbocycles. The number of aliphatic imine (C=N–C) groups is 1. The molecule has 0 fully saturated rings. The number of nitrogens with zero attached hydrogens (tertiary/aromatic N) is 2. The summed E-state index contributed by atoms with van der Waals surface area (Å²) in [6.07, 6.45) is 2.09. The SMILES string of the molecule is Nc1ccc(-n2ccc3ccc(C4=NCCN4)cc32)cc1. The maximum Gasteiger partial charge on any atom is 0.128 e. The summed E-state index contributed by atoms with van der Waals surface area (Å²) in [7, 11) is 0. The highest BCUT2D eigenvalue weighted by Gasteiger charge is 2.10. The molecule has 0 unspecified atom stereocenters. The van der Waals surface area contributed by atoms with Gasteiger partial charge in [-0.25, -0.2) is 0 Å². The van der Waals surface area contributed by atoms with Crippen LogP contribution in [-0.2, 0) is 0 Å². The van der Waals surface area contributed by atoms with Gasteiger partial charge < -0.3 is 15.6 Å². The van der Waals surface area contributed by atoms with Gasteiger partial charge in [0.05, 0.1) is 12.1 Å². The molecule has 0 aliphatic carbocycles. The van der Waals surface area contributed by atoms with E-state index in [1.54, 1.807) is 0 Å². The molecule has 0 spiro atoms. The van der Waals surface area contributed by atoms with E-state index in [2.05, 4.69) is 45.3 Å². The van der Waals surface area contributed by atoms with E-state index in [4.69, 9.17) is 5.73 Å². The molecular weight excluding hydrogens is 260 g/mol. The Morgan fingerprint density at radius 2 is 1.90 bits per heavy atom. The van der Waals surface area contributed by atoms with E-state index in [-0.39, 0.29) is 0 Å². The number of fused-ring (bicyclic) bond motifs is 1. The molecule has 3 aromatic rings. The van der Waals surface area contributed by atoms with Gasteiger partial charge in [-0.3, -0.25) is 4.99 Å². The predicted molar refractivity (Wildman–Crippen MR) is 87.1 cm³/mol. The predicted octanol–water partition coefficient (Wildman–Crippen LogP) is 2.56. The average Bonchev–Trinajstić information content (AvgIpc) is 3.17. The third-order valence-electron chi connectivity index (χ3n) is 3.81. The third kappa shape index (κ3) is 2.05. The van der Waals surface area contributed by atoms with Gasteiger partial charge in [0.2, 0.25) is 0 Å². The van der Waals surface area contributed by atoms with Gasteiger partial charge in [-0.05, 0) is 41.8 Å². The zero-order valence-electron chi connectivity index (χ0n) is 11.6. The molecule has 0 bridgehead atoms. The molecule has 0 amide bonds. The largest absolute Gasteiger partial charge is 0.399 e. The number of nitrogens with one attached hydrogen (secondary N) is 1. The molecule has 3 N–H and O–H groups in total. The van der Waals surface area contributed by atoms with Crippen molar-refractivity contribution in [1.82, 2.24) is 9.88 Å². The lowest BCUT2D eigenvalue weighted by Gasteiger charge is -2.08. The molecule has 0 atom stereocenters. The van der Waals surface area contributed by atoms with Crippen molar-refractivity contribution in [3.63, 3.8) is 0 Å². The van der Waals surface area contributed by atoms with Crippen LogP contribution in [0.1, 0.15) is 5.56 Å². The van der Waals surface area contributed by atoms with Gasteiger partial charge in [-0.15, -0.1) is 0 Å². The fourth-order valence-corrected chi connectivity index (χ4v) is 2.73. The van der Waals surface area contributed by atoms with Crippen LogP contribution >= 0.6 is 0 Å². The Balaban J connectivity index is 1.86. The summed E-state index contributed by atoms with van der Waals surface area (Å²) in [6, 6.07) is 16.5. The average molecular weight is 276 g/mol. The number of aromatic nitrogens is 1. The van der Waals surface area contributed by atoms with Gasteiger partial charge in [0.1, 0.15) is 5.84 Å². The van der Waals surface area contributed by atoms with Crippen molar-refractivity contribution in [2.24, 2.45) is 4.99 Å². The Bertz CT molecular complexity index is 828. The van der Waals surface area contributed by atoms with Crippen LogP contribution < -0.4 is 11.1 Å². The lowest BCUT2D eigenvalue weighted by atomic mass is 10.1. The van der Waals surface area contributed by atoms with Gasteiger partial charge in [0.15, 0.2) is 0 Å². The van der Waals surface area contributed by atoms with Crippen molar-refractivity contribution >= 4 is 22.4 Å². The summed E-state index contributed by atoms with van der Waals surface area (Å²) in [5, 5.41) is 4.54. The summed E-state index contributed by atoms with van der Waals surface area (Å²) in [6.45, 7) is 1.78. The second-order valence-electron chi connectivity index (χ2n) is 5.21. The minimum atomic E-state index is 0.778. The molecule has 1 aromatic heterocycles. The zero-order valence-corrected chi connectivity index (χ0v) is 11.6. The summed E-state index contributed by atoms with van der Waals surface area (Å²) in [5.41, 5.74) is 9.96. The first kappa shape index (κ1) is 12.0. The second kappa shape index (κ2) is 4.66. The molecule has 4 nitrogen and oxygen atoms in total. The Labute approximate surface area is 122 Å². The van der Waals surface area contributed by atoms with Crippen molar-refractivity contribution in [2.45, 2.75) is 0 Å². The molecule has 104 valence electrons. The van der Waals surface area contributed by atoms with Crippen molar-refractivity contribution in [3.8, 4) is 5.69 Å². The van der Waals surface area contributed by atoms with Crippen LogP contribution in [0.2, 0.25) is 0 Å². The maximum atomic E-state index is 5.77. The fraction of sp³-hybridized carbons (Fsp3) is 0.118. The first-order valence-electron chi connectivity index (χ1n) is 7.07. The molecule has 21 heavy (non-hydrogen) atoms. The fourth-order valence-electron chi connectivity index (χ4n) is 2.73. The monoisotopic (exact) mass is 276 g/mol. The number of benzene rings is 2. The van der Waals surface area contributed by atoms with Crippen LogP contribution in [0.4, 0.5) is 5.69 Å². The Hall–Kier alpha value is -2.75. The third-order valence-corrected chi connectivity index (χ3v) is 3.81. The lowest BCUT2D eigenvalue weighted by molar-refractivity contribution is 0.960. The molecule has 0 radical (unpaired) electrons. The van der Waals surface area contributed by atoms with Crippen molar-refractivity contribution < 1.29 is 0 Å². The first-order chi connectivity index (χ1) is 10.3. The molecule has 0 saturated carbocycles. The highest BCUT2D eigenvalue weighted by molar-refractivity contribution is 6.02. The van der Waals surface area contributed by atoms with Gasteiger partial charge in [0, 0.05) is 29.7 Å². The van der Waals surface area contributed by atoms with Crippen molar-refractivity contribution in [3.05, 3.63) is 60.3 Å². The Kier molecular flexibility index (Phi) is 2.67. The van der Waals surface area contributed by atoms with Crippen LogP contribution in [0.5, 0.6) is 0 Å². The molecular formula is C17H16N4. The van der Waals surface area contributed by atoms with E-state index in [0.717, 1.165) is 35.9 Å². The van der Waals surface area contributed by atoms with Gasteiger partial charge in [0.25, 0.3) is 0 Å². The van der Waals surface area contributed by atoms with Crippen LogP contribution in [0.25, 0.3) is 16.6 Å². The van der Waals surface area contributed by atoms with E-state index in [1.165, 1.54) is 10.9 Å². The molecule has 1 aliphatic rings. The number of rotatable bonds is 2. The molecule has 4 rings (SSSR count).